The highest BCUT2D eigenvalue weighted by Crippen LogP contribution is 2.48. The minimum Gasteiger partial charge on any atom is -0.171 e. The summed E-state index contributed by atoms with van der Waals surface area (Å²) < 4.78 is 34.7. The molecule has 3 heteroatoms. The van der Waals surface area contributed by atoms with Gasteiger partial charge in [0.25, 0.3) is 0 Å². The Bertz CT molecular complexity index is 719. The zero-order valence-corrected chi connectivity index (χ0v) is 21.5. The fourth-order valence-electron chi connectivity index (χ4n) is 2.67. The van der Waals surface area contributed by atoms with Gasteiger partial charge in [-0.15, -0.1) is 0 Å². The summed E-state index contributed by atoms with van der Waals surface area (Å²) >= 11 is 0. The van der Waals surface area contributed by atoms with E-state index in [1.807, 2.05) is 0 Å². The fraction of sp³-hybridized carbons (Fsp3) is 0.571. The molecule has 1 aliphatic carbocycles. The topological polar surface area (TPSA) is 0 Å². The third kappa shape index (κ3) is 9.49. The zero-order valence-electron chi connectivity index (χ0n) is 21.5. The highest BCUT2D eigenvalue weighted by Gasteiger charge is 2.42. The van der Waals surface area contributed by atoms with Gasteiger partial charge in [0.2, 0.25) is 0 Å². The quantitative estimate of drug-likeness (QED) is 0.385. The molecule has 0 N–H and O–H groups in total. The van der Waals surface area contributed by atoms with Crippen molar-refractivity contribution < 1.29 is 13.2 Å². The van der Waals surface area contributed by atoms with Crippen molar-refractivity contribution in [1.82, 2.24) is 0 Å². The number of hydrogen-bond acceptors (Lipinski definition) is 0. The number of rotatable bonds is 0. The van der Waals surface area contributed by atoms with E-state index in [2.05, 4.69) is 104 Å². The molecule has 176 valence electrons. The van der Waals surface area contributed by atoms with Crippen molar-refractivity contribution in [1.29, 1.82) is 0 Å². The highest BCUT2D eigenvalue weighted by atomic mass is 19.4. The molecule has 0 saturated heterocycles. The lowest BCUT2D eigenvalue weighted by Crippen LogP contribution is -2.28. The Balaban J connectivity index is 0.000000478. The van der Waals surface area contributed by atoms with Gasteiger partial charge in [0.1, 0.15) is 0 Å². The first kappa shape index (κ1) is 29.2. The summed E-state index contributed by atoms with van der Waals surface area (Å²) in [6, 6.07) is 17.4. The fourth-order valence-corrected chi connectivity index (χ4v) is 2.67. The molecule has 0 aliphatic heterocycles. The minimum absolute atomic E-state index is 0.160. The summed E-state index contributed by atoms with van der Waals surface area (Å²) in [4.78, 5) is 0. The number of fused-ring (bicyclic) bond motifs is 3. The van der Waals surface area contributed by atoms with Gasteiger partial charge in [-0.2, -0.15) is 13.2 Å². The number of alkyl halides is 3. The molecule has 0 amide bonds. The molecule has 0 radical (unpaired) electrons. The third-order valence-corrected chi connectivity index (χ3v) is 4.34. The SMILES string of the molecule is CC(C)(C)C.CC(C)(C)C(F)(F)F.CC1(C)c2ccccc2-c2ccccc21.CCC. The molecule has 0 atom stereocenters. The normalized spacial score (nSPS) is 13.9. The van der Waals surface area contributed by atoms with E-state index in [4.69, 9.17) is 0 Å². The Kier molecular flexibility index (Phi) is 10.6. The first-order valence-electron chi connectivity index (χ1n) is 11.1. The molecule has 0 nitrogen and oxygen atoms in total. The molecule has 0 saturated carbocycles. The summed E-state index contributed by atoms with van der Waals surface area (Å²) in [6.45, 7) is 21.0. The van der Waals surface area contributed by atoms with E-state index >= 15 is 0 Å². The smallest absolute Gasteiger partial charge is 0.171 e. The Morgan fingerprint density at radius 3 is 1.10 bits per heavy atom. The lowest BCUT2D eigenvalue weighted by atomic mass is 9.82. The second-order valence-electron chi connectivity index (χ2n) is 11.2. The van der Waals surface area contributed by atoms with Gasteiger partial charge in [0.15, 0.2) is 0 Å². The minimum atomic E-state index is -4.06. The van der Waals surface area contributed by atoms with Gasteiger partial charge in [-0.3, -0.25) is 0 Å². The predicted octanol–water partition coefficient (Wildman–Crippen LogP) is 10.1. The molecule has 0 spiro atoms. The van der Waals surface area contributed by atoms with Crippen LogP contribution in [-0.2, 0) is 5.41 Å². The largest absolute Gasteiger partial charge is 0.393 e. The first-order valence-corrected chi connectivity index (χ1v) is 11.1. The number of hydrogen-bond donors (Lipinski definition) is 0. The monoisotopic (exact) mass is 436 g/mol. The van der Waals surface area contributed by atoms with Crippen LogP contribution in [-0.4, -0.2) is 6.18 Å². The Labute approximate surface area is 189 Å². The second kappa shape index (κ2) is 11.2. The van der Waals surface area contributed by atoms with Gasteiger partial charge in [-0.25, -0.2) is 0 Å². The van der Waals surface area contributed by atoms with Crippen LogP contribution in [0.4, 0.5) is 13.2 Å². The molecular weight excluding hydrogens is 393 g/mol. The lowest BCUT2D eigenvalue weighted by Gasteiger charge is -2.21. The van der Waals surface area contributed by atoms with Crippen molar-refractivity contribution in [3.63, 3.8) is 0 Å². The van der Waals surface area contributed by atoms with Crippen LogP contribution in [0.5, 0.6) is 0 Å². The molecule has 0 aromatic heterocycles. The molecule has 3 rings (SSSR count). The highest BCUT2D eigenvalue weighted by molar-refractivity contribution is 5.80. The van der Waals surface area contributed by atoms with Crippen LogP contribution < -0.4 is 0 Å². The van der Waals surface area contributed by atoms with Gasteiger partial charge < -0.3 is 0 Å². The molecule has 31 heavy (non-hydrogen) atoms. The summed E-state index contributed by atoms with van der Waals surface area (Å²) in [5.74, 6) is 0. The molecule has 2 aromatic carbocycles. The van der Waals surface area contributed by atoms with E-state index in [1.165, 1.54) is 28.7 Å². The van der Waals surface area contributed by atoms with E-state index in [0.717, 1.165) is 20.8 Å². The van der Waals surface area contributed by atoms with Crippen LogP contribution >= 0.6 is 0 Å². The van der Waals surface area contributed by atoms with Crippen LogP contribution in [0.1, 0.15) is 93.7 Å². The maximum absolute atomic E-state index is 11.6. The average molecular weight is 437 g/mol. The lowest BCUT2D eigenvalue weighted by molar-refractivity contribution is -0.204. The van der Waals surface area contributed by atoms with Crippen LogP contribution in [0, 0.1) is 10.8 Å². The maximum atomic E-state index is 11.6. The van der Waals surface area contributed by atoms with E-state index < -0.39 is 11.6 Å². The van der Waals surface area contributed by atoms with Crippen molar-refractivity contribution in [3.8, 4) is 11.1 Å². The first-order chi connectivity index (χ1) is 13.9. The summed E-state index contributed by atoms with van der Waals surface area (Å²) in [7, 11) is 0. The maximum Gasteiger partial charge on any atom is 0.393 e. The van der Waals surface area contributed by atoms with E-state index in [-0.39, 0.29) is 5.41 Å². The number of benzene rings is 2. The zero-order chi connectivity index (χ0) is 24.7. The Morgan fingerprint density at radius 2 is 0.871 bits per heavy atom. The van der Waals surface area contributed by atoms with Gasteiger partial charge in [0, 0.05) is 5.41 Å². The standard InChI is InChI=1S/C15H14.C5H9F3.C5H12.C3H8/c1-15(2)13-9-5-3-7-11(13)12-8-4-6-10-14(12)15;1-4(2,3)5(6,7)8;1-5(2,3)4;1-3-2/h3-10H,1-2H3;1-3H3;1-4H3;3H2,1-2H3. The van der Waals surface area contributed by atoms with Gasteiger partial charge in [-0.1, -0.05) is 131 Å². The van der Waals surface area contributed by atoms with Crippen LogP contribution in [0.25, 0.3) is 11.1 Å². The molecule has 2 aromatic rings. The van der Waals surface area contributed by atoms with Crippen LogP contribution in [0.2, 0.25) is 0 Å². The van der Waals surface area contributed by atoms with Gasteiger partial charge >= 0.3 is 6.18 Å². The van der Waals surface area contributed by atoms with E-state index in [0.29, 0.717) is 5.41 Å². The molecule has 1 aliphatic rings. The third-order valence-electron chi connectivity index (χ3n) is 4.34. The van der Waals surface area contributed by atoms with E-state index in [9.17, 15) is 13.2 Å². The van der Waals surface area contributed by atoms with Crippen molar-refractivity contribution in [3.05, 3.63) is 59.7 Å². The van der Waals surface area contributed by atoms with Crippen molar-refractivity contribution in [2.75, 3.05) is 0 Å². The Morgan fingerprint density at radius 1 is 0.645 bits per heavy atom. The van der Waals surface area contributed by atoms with Crippen molar-refractivity contribution >= 4 is 0 Å². The molecule has 0 fully saturated rings. The predicted molar refractivity (Wildman–Crippen MR) is 131 cm³/mol. The van der Waals surface area contributed by atoms with Crippen LogP contribution in [0.15, 0.2) is 48.5 Å². The average Bonchev–Trinajstić information content (AvgIpc) is 2.82. The molecule has 0 bridgehead atoms. The van der Waals surface area contributed by atoms with Crippen molar-refractivity contribution in [2.45, 2.75) is 94.2 Å². The number of halogens is 3. The van der Waals surface area contributed by atoms with Gasteiger partial charge in [-0.05, 0) is 27.7 Å². The second-order valence-corrected chi connectivity index (χ2v) is 11.2. The summed E-state index contributed by atoms with van der Waals surface area (Å²) in [5, 5.41) is 0. The molecule has 0 unspecified atom stereocenters. The van der Waals surface area contributed by atoms with E-state index in [1.54, 1.807) is 0 Å². The van der Waals surface area contributed by atoms with Crippen LogP contribution in [0.3, 0.4) is 0 Å². The van der Waals surface area contributed by atoms with Crippen molar-refractivity contribution in [2.24, 2.45) is 10.8 Å². The Hall–Kier alpha value is -1.77. The summed E-state index contributed by atoms with van der Waals surface area (Å²) in [5.41, 5.74) is 4.80. The van der Waals surface area contributed by atoms with Gasteiger partial charge in [0.05, 0.1) is 5.41 Å². The molecular formula is C28H43F3. The molecule has 0 heterocycles. The summed E-state index contributed by atoms with van der Waals surface area (Å²) in [6.07, 6.45) is -2.81.